The fourth-order valence-corrected chi connectivity index (χ4v) is 0.830. The van der Waals surface area contributed by atoms with Gasteiger partial charge in [-0.15, -0.1) is 0 Å². The van der Waals surface area contributed by atoms with Crippen LogP contribution in [0.1, 0.15) is 0 Å². The summed E-state index contributed by atoms with van der Waals surface area (Å²) in [6, 6.07) is 3.08. The van der Waals surface area contributed by atoms with Gasteiger partial charge in [0.1, 0.15) is 0 Å². The highest BCUT2D eigenvalue weighted by Gasteiger charge is 1.88. The van der Waals surface area contributed by atoms with Gasteiger partial charge in [-0.2, -0.15) is 0 Å². The summed E-state index contributed by atoms with van der Waals surface area (Å²) < 4.78 is 20.4. The van der Waals surface area contributed by atoms with E-state index in [2.05, 4.69) is 4.98 Å². The summed E-state index contributed by atoms with van der Waals surface area (Å²) in [7, 11) is -2.46. The summed E-state index contributed by atoms with van der Waals surface area (Å²) >= 11 is 0. The van der Waals surface area contributed by atoms with E-state index in [0.29, 0.717) is 0 Å². The first-order valence-corrected chi connectivity index (χ1v) is 3.53. The highest BCUT2D eigenvalue weighted by atomic mass is 32.2. The minimum atomic E-state index is -2.46. The molecule has 0 aliphatic heterocycles. The molecule has 0 N–H and O–H groups in total. The van der Waals surface area contributed by atoms with Crippen molar-refractivity contribution in [3.8, 4) is 0 Å². The van der Waals surface area contributed by atoms with Gasteiger partial charge in [-0.1, -0.05) is 0 Å². The molecule has 0 aliphatic rings. The minimum Gasteiger partial charge on any atom is -0.263 e. The summed E-state index contributed by atoms with van der Waals surface area (Å²) in [5, 5.41) is 0. The molecule has 0 spiro atoms. The smallest absolute Gasteiger partial charge is 0.169 e. The van der Waals surface area contributed by atoms with E-state index in [9.17, 15) is 8.42 Å². The van der Waals surface area contributed by atoms with E-state index >= 15 is 0 Å². The lowest BCUT2D eigenvalue weighted by molar-refractivity contribution is 0.614. The van der Waals surface area contributed by atoms with E-state index < -0.39 is 10.7 Å². The monoisotopic (exact) mass is 143 g/mol. The Kier molecular flexibility index (Phi) is 1.79. The summed E-state index contributed by atoms with van der Waals surface area (Å²) in [6.45, 7) is 0. The van der Waals surface area contributed by atoms with Crippen molar-refractivity contribution in [3.05, 3.63) is 24.5 Å². The molecule has 0 aromatic carbocycles. The maximum atomic E-state index is 10.2. The molecule has 0 saturated carbocycles. The molecule has 0 amide bonds. The lowest BCUT2D eigenvalue weighted by Crippen LogP contribution is -1.78. The van der Waals surface area contributed by atoms with E-state index in [1.165, 1.54) is 18.5 Å². The predicted octanol–water partition coefficient (Wildman–Crippen LogP) is 0.0519. The van der Waals surface area contributed by atoms with Crippen molar-refractivity contribution >= 4 is 10.7 Å². The van der Waals surface area contributed by atoms with E-state index in [0.717, 1.165) is 0 Å². The molecule has 1 rings (SSSR count). The van der Waals surface area contributed by atoms with Crippen molar-refractivity contribution in [3.63, 3.8) is 0 Å². The van der Waals surface area contributed by atoms with Crippen molar-refractivity contribution in [1.82, 2.24) is 4.98 Å². The standard InChI is InChI=1S/C5H5NO2S/c7-9(8)5-2-1-3-6-4-5/h1-4,9H. The van der Waals surface area contributed by atoms with Gasteiger partial charge >= 0.3 is 0 Å². The molecule has 1 aromatic rings. The molecule has 48 valence electrons. The van der Waals surface area contributed by atoms with Crippen LogP contribution >= 0.6 is 0 Å². The Morgan fingerprint density at radius 2 is 2.22 bits per heavy atom. The van der Waals surface area contributed by atoms with Crippen LogP contribution in [-0.2, 0) is 10.7 Å². The average Bonchev–Trinajstić information content (AvgIpc) is 1.90. The highest BCUT2D eigenvalue weighted by Crippen LogP contribution is 1.94. The number of nitrogens with zero attached hydrogens (tertiary/aromatic N) is 1. The molecule has 0 bridgehead atoms. The number of thiol groups is 1. The van der Waals surface area contributed by atoms with Crippen molar-refractivity contribution < 1.29 is 8.42 Å². The number of pyridine rings is 1. The van der Waals surface area contributed by atoms with Crippen LogP contribution in [0.3, 0.4) is 0 Å². The van der Waals surface area contributed by atoms with Crippen LogP contribution in [0, 0.1) is 0 Å². The second-order valence-electron chi connectivity index (χ2n) is 1.47. The first-order chi connectivity index (χ1) is 4.30. The molecule has 0 saturated heterocycles. The number of hydrogen-bond donors (Lipinski definition) is 1. The van der Waals surface area contributed by atoms with Gasteiger partial charge < -0.3 is 0 Å². The second kappa shape index (κ2) is 2.59. The normalized spacial score (nSPS) is 9.89. The lowest BCUT2D eigenvalue weighted by atomic mass is 10.5. The summed E-state index contributed by atoms with van der Waals surface area (Å²) in [5.74, 6) is 0. The molecule has 3 nitrogen and oxygen atoms in total. The van der Waals surface area contributed by atoms with Gasteiger partial charge in [0.2, 0.25) is 0 Å². The third-order valence-corrected chi connectivity index (χ3v) is 1.54. The molecule has 0 atom stereocenters. The quantitative estimate of drug-likeness (QED) is 0.565. The second-order valence-corrected chi connectivity index (χ2v) is 2.50. The summed E-state index contributed by atoms with van der Waals surface area (Å²) in [6.07, 6.45) is 2.84. The molecule has 0 radical (unpaired) electrons. The molecule has 1 heterocycles. The van der Waals surface area contributed by atoms with E-state index in [-0.39, 0.29) is 4.90 Å². The molecular formula is C5H5NO2S. The van der Waals surface area contributed by atoms with E-state index in [1.807, 2.05) is 0 Å². The Hall–Kier alpha value is -0.900. The summed E-state index contributed by atoms with van der Waals surface area (Å²) in [4.78, 5) is 3.88. The number of rotatable bonds is 1. The van der Waals surface area contributed by atoms with Crippen LogP contribution in [0.15, 0.2) is 29.4 Å². The van der Waals surface area contributed by atoms with Gasteiger partial charge in [-0.3, -0.25) is 4.98 Å². The minimum absolute atomic E-state index is 0.257. The van der Waals surface area contributed by atoms with Crippen molar-refractivity contribution in [2.24, 2.45) is 0 Å². The highest BCUT2D eigenvalue weighted by molar-refractivity contribution is 7.72. The zero-order valence-corrected chi connectivity index (χ0v) is 5.41. The zero-order valence-electron chi connectivity index (χ0n) is 4.52. The Labute approximate surface area is 54.3 Å². The fraction of sp³-hybridized carbons (Fsp3) is 0. The van der Waals surface area contributed by atoms with Crippen LogP contribution < -0.4 is 0 Å². The van der Waals surface area contributed by atoms with Gasteiger partial charge in [0.25, 0.3) is 0 Å². The van der Waals surface area contributed by atoms with Crippen LogP contribution in [0.25, 0.3) is 0 Å². The first-order valence-electron chi connectivity index (χ1n) is 2.35. The van der Waals surface area contributed by atoms with Crippen LogP contribution in [0.2, 0.25) is 0 Å². The van der Waals surface area contributed by atoms with Crippen molar-refractivity contribution in [2.45, 2.75) is 4.90 Å². The molecule has 4 heteroatoms. The Morgan fingerprint density at radius 3 is 2.56 bits per heavy atom. The third kappa shape index (κ3) is 1.50. The van der Waals surface area contributed by atoms with Crippen LogP contribution in [0.4, 0.5) is 0 Å². The van der Waals surface area contributed by atoms with E-state index in [1.54, 1.807) is 6.07 Å². The molecule has 9 heavy (non-hydrogen) atoms. The van der Waals surface area contributed by atoms with Crippen LogP contribution in [0.5, 0.6) is 0 Å². The Balaban J connectivity index is 3.13. The van der Waals surface area contributed by atoms with Gasteiger partial charge in [-0.25, -0.2) is 8.42 Å². The molecule has 0 aliphatic carbocycles. The lowest BCUT2D eigenvalue weighted by Gasteiger charge is -1.83. The number of hydrogen-bond acceptors (Lipinski definition) is 3. The third-order valence-electron chi connectivity index (χ3n) is 0.857. The average molecular weight is 143 g/mol. The molecule has 1 aromatic heterocycles. The summed E-state index contributed by atoms with van der Waals surface area (Å²) in [5.41, 5.74) is 0. The van der Waals surface area contributed by atoms with Crippen molar-refractivity contribution in [1.29, 1.82) is 0 Å². The van der Waals surface area contributed by atoms with Crippen molar-refractivity contribution in [2.75, 3.05) is 0 Å². The van der Waals surface area contributed by atoms with Gasteiger partial charge in [-0.05, 0) is 12.1 Å². The maximum absolute atomic E-state index is 10.2. The SMILES string of the molecule is O=[SH](=O)c1cccnc1. The molecule has 0 fully saturated rings. The predicted molar refractivity (Wildman–Crippen MR) is 32.8 cm³/mol. The zero-order chi connectivity index (χ0) is 6.69. The topological polar surface area (TPSA) is 47.0 Å². The van der Waals surface area contributed by atoms with E-state index in [4.69, 9.17) is 0 Å². The van der Waals surface area contributed by atoms with Gasteiger partial charge in [0.15, 0.2) is 10.7 Å². The first kappa shape index (κ1) is 6.22. The molecular weight excluding hydrogens is 138 g/mol. The number of aromatic nitrogens is 1. The van der Waals surface area contributed by atoms with Crippen LogP contribution in [-0.4, -0.2) is 13.4 Å². The Morgan fingerprint density at radius 1 is 1.44 bits per heavy atom. The van der Waals surface area contributed by atoms with Gasteiger partial charge in [0, 0.05) is 12.4 Å². The largest absolute Gasteiger partial charge is 0.263 e. The maximum Gasteiger partial charge on any atom is 0.169 e. The fourth-order valence-electron chi connectivity index (χ4n) is 0.462. The Bertz CT molecular complexity index is 247. The molecule has 0 unspecified atom stereocenters. The van der Waals surface area contributed by atoms with Gasteiger partial charge in [0.05, 0.1) is 4.90 Å².